The first-order valence-corrected chi connectivity index (χ1v) is 5.67. The quantitative estimate of drug-likeness (QED) is 0.797. The fraction of sp³-hybridized carbons (Fsp3) is 0.364. The van der Waals surface area contributed by atoms with Crippen LogP contribution in [-0.4, -0.2) is 39.0 Å². The number of carbonyl (C=O) groups excluding carboxylic acids is 1. The van der Waals surface area contributed by atoms with Gasteiger partial charge >= 0.3 is 0 Å². The first-order valence-electron chi connectivity index (χ1n) is 5.67. The van der Waals surface area contributed by atoms with E-state index in [4.69, 9.17) is 0 Å². The molecular weight excluding hydrogens is 218 g/mol. The van der Waals surface area contributed by atoms with Crippen LogP contribution in [0.5, 0.6) is 0 Å². The lowest BCUT2D eigenvalue weighted by Crippen LogP contribution is -2.40. The zero-order chi connectivity index (χ0) is 11.7. The molecule has 1 saturated heterocycles. The Bertz CT molecular complexity index is 544. The molecule has 1 aliphatic heterocycles. The maximum absolute atomic E-state index is 12.1. The maximum Gasteiger partial charge on any atom is 0.269 e. The number of pyridine rings is 1. The minimum Gasteiger partial charge on any atom is -0.344 e. The van der Waals surface area contributed by atoms with Gasteiger partial charge in [0.15, 0.2) is 0 Å². The highest BCUT2D eigenvalue weighted by Gasteiger charge is 2.17. The summed E-state index contributed by atoms with van der Waals surface area (Å²) in [6.45, 7) is 1.83. The van der Waals surface area contributed by atoms with E-state index in [1.807, 2.05) is 5.01 Å². The Hall–Kier alpha value is -1.95. The molecule has 0 atom stereocenters. The van der Waals surface area contributed by atoms with Crippen molar-refractivity contribution in [2.75, 3.05) is 13.1 Å². The third-order valence-electron chi connectivity index (χ3n) is 2.95. The van der Waals surface area contributed by atoms with Crippen LogP contribution in [-0.2, 0) is 0 Å². The molecule has 0 spiro atoms. The number of imidazole rings is 1. The lowest BCUT2D eigenvalue weighted by molar-refractivity contribution is 0.0827. The number of fused-ring (bicyclic) bond motifs is 1. The van der Waals surface area contributed by atoms with Crippen LogP contribution in [0.1, 0.15) is 23.2 Å². The van der Waals surface area contributed by atoms with E-state index in [0.717, 1.165) is 31.4 Å². The molecule has 6 nitrogen and oxygen atoms in total. The zero-order valence-corrected chi connectivity index (χ0v) is 9.31. The monoisotopic (exact) mass is 231 g/mol. The smallest absolute Gasteiger partial charge is 0.269 e. The van der Waals surface area contributed by atoms with E-state index in [1.165, 1.54) is 0 Å². The van der Waals surface area contributed by atoms with Crippen LogP contribution in [0.2, 0.25) is 0 Å². The Morgan fingerprint density at radius 2 is 2.18 bits per heavy atom. The number of nitrogens with one attached hydrogen (secondary N) is 2. The number of hydrogen-bond donors (Lipinski definition) is 2. The Morgan fingerprint density at radius 3 is 3.00 bits per heavy atom. The molecule has 3 heterocycles. The molecule has 88 valence electrons. The summed E-state index contributed by atoms with van der Waals surface area (Å²) in [5.74, 6) is -0.130. The largest absolute Gasteiger partial charge is 0.344 e. The van der Waals surface area contributed by atoms with Gasteiger partial charge in [0.1, 0.15) is 5.52 Å². The number of hydrazine groups is 1. The second kappa shape index (κ2) is 4.14. The average Bonchev–Trinajstić information content (AvgIpc) is 2.97. The molecule has 6 heteroatoms. The fourth-order valence-electron chi connectivity index (χ4n) is 2.07. The SMILES string of the molecule is O=C(NN1CCCC1)c1cncc2nc[nH]c12. The number of rotatable bonds is 2. The molecule has 0 bridgehead atoms. The topological polar surface area (TPSA) is 73.9 Å². The summed E-state index contributed by atoms with van der Waals surface area (Å²) in [5, 5.41) is 1.94. The molecule has 3 rings (SSSR count). The van der Waals surface area contributed by atoms with E-state index in [-0.39, 0.29) is 5.91 Å². The molecule has 17 heavy (non-hydrogen) atoms. The highest BCUT2D eigenvalue weighted by molar-refractivity contribution is 6.03. The van der Waals surface area contributed by atoms with Gasteiger partial charge in [0, 0.05) is 19.3 Å². The minimum atomic E-state index is -0.130. The molecular formula is C11H13N5O. The zero-order valence-electron chi connectivity index (χ0n) is 9.31. The van der Waals surface area contributed by atoms with Crippen LogP contribution in [0.4, 0.5) is 0 Å². The average molecular weight is 231 g/mol. The molecule has 1 fully saturated rings. The van der Waals surface area contributed by atoms with E-state index in [2.05, 4.69) is 20.4 Å². The molecule has 2 aromatic heterocycles. The number of hydrogen-bond acceptors (Lipinski definition) is 4. The summed E-state index contributed by atoms with van der Waals surface area (Å²) < 4.78 is 0. The van der Waals surface area contributed by atoms with Gasteiger partial charge in [-0.25, -0.2) is 9.99 Å². The van der Waals surface area contributed by atoms with Crippen molar-refractivity contribution in [1.29, 1.82) is 0 Å². The van der Waals surface area contributed by atoms with Crippen LogP contribution < -0.4 is 5.43 Å². The summed E-state index contributed by atoms with van der Waals surface area (Å²) in [4.78, 5) is 23.1. The first kappa shape index (κ1) is 10.2. The van der Waals surface area contributed by atoms with E-state index >= 15 is 0 Å². The van der Waals surface area contributed by atoms with Gasteiger partial charge in [0.2, 0.25) is 0 Å². The van der Waals surface area contributed by atoms with Gasteiger partial charge in [-0.3, -0.25) is 15.2 Å². The predicted octanol–water partition coefficient (Wildman–Crippen LogP) is 0.698. The minimum absolute atomic E-state index is 0.130. The number of amides is 1. The molecule has 0 aromatic carbocycles. The molecule has 0 unspecified atom stereocenters. The van der Waals surface area contributed by atoms with Gasteiger partial charge in [0.05, 0.1) is 23.6 Å². The van der Waals surface area contributed by atoms with Gasteiger partial charge in [-0.2, -0.15) is 0 Å². The number of carbonyl (C=O) groups is 1. The van der Waals surface area contributed by atoms with Crippen molar-refractivity contribution in [3.63, 3.8) is 0 Å². The third-order valence-corrected chi connectivity index (χ3v) is 2.95. The lowest BCUT2D eigenvalue weighted by atomic mass is 10.2. The molecule has 0 aliphatic carbocycles. The predicted molar refractivity (Wildman–Crippen MR) is 62.2 cm³/mol. The van der Waals surface area contributed by atoms with E-state index in [1.54, 1.807) is 18.7 Å². The van der Waals surface area contributed by atoms with Gasteiger partial charge in [-0.05, 0) is 12.8 Å². The highest BCUT2D eigenvalue weighted by Crippen LogP contribution is 2.13. The second-order valence-corrected chi connectivity index (χ2v) is 4.12. The van der Waals surface area contributed by atoms with Crippen molar-refractivity contribution in [3.05, 3.63) is 24.3 Å². The second-order valence-electron chi connectivity index (χ2n) is 4.12. The third kappa shape index (κ3) is 1.87. The van der Waals surface area contributed by atoms with Crippen molar-refractivity contribution >= 4 is 16.9 Å². The molecule has 1 amide bonds. The number of nitrogens with zero attached hydrogens (tertiary/aromatic N) is 3. The molecule has 0 saturated carbocycles. The number of H-pyrrole nitrogens is 1. The standard InChI is InChI=1S/C11H13N5O/c17-11(15-16-3-1-2-4-16)8-5-12-6-9-10(8)14-7-13-9/h5-7H,1-4H2,(H,13,14)(H,15,17). The Morgan fingerprint density at radius 1 is 1.35 bits per heavy atom. The fourth-order valence-corrected chi connectivity index (χ4v) is 2.07. The number of aromatic nitrogens is 3. The van der Waals surface area contributed by atoms with Gasteiger partial charge in [0.25, 0.3) is 5.91 Å². The molecule has 1 aliphatic rings. The summed E-state index contributed by atoms with van der Waals surface area (Å²) in [7, 11) is 0. The van der Waals surface area contributed by atoms with Gasteiger partial charge < -0.3 is 4.98 Å². The highest BCUT2D eigenvalue weighted by atomic mass is 16.2. The van der Waals surface area contributed by atoms with Crippen molar-refractivity contribution in [1.82, 2.24) is 25.4 Å². The van der Waals surface area contributed by atoms with E-state index in [0.29, 0.717) is 11.1 Å². The normalized spacial score (nSPS) is 16.5. The molecule has 2 aromatic rings. The maximum atomic E-state index is 12.1. The van der Waals surface area contributed by atoms with Crippen molar-refractivity contribution in [2.45, 2.75) is 12.8 Å². The van der Waals surface area contributed by atoms with Crippen LogP contribution in [0, 0.1) is 0 Å². The van der Waals surface area contributed by atoms with Crippen molar-refractivity contribution in [3.8, 4) is 0 Å². The molecule has 0 radical (unpaired) electrons. The van der Waals surface area contributed by atoms with Crippen LogP contribution in [0.25, 0.3) is 11.0 Å². The van der Waals surface area contributed by atoms with Crippen LogP contribution >= 0.6 is 0 Å². The van der Waals surface area contributed by atoms with E-state index in [9.17, 15) is 4.79 Å². The Balaban J connectivity index is 1.87. The summed E-state index contributed by atoms with van der Waals surface area (Å²) in [6.07, 6.45) is 7.03. The van der Waals surface area contributed by atoms with Gasteiger partial charge in [-0.1, -0.05) is 0 Å². The Kier molecular flexibility index (Phi) is 2.49. The van der Waals surface area contributed by atoms with Crippen LogP contribution in [0.3, 0.4) is 0 Å². The summed E-state index contributed by atoms with van der Waals surface area (Å²) in [5.41, 5.74) is 4.86. The summed E-state index contributed by atoms with van der Waals surface area (Å²) >= 11 is 0. The molecule has 2 N–H and O–H groups in total. The number of aromatic amines is 1. The Labute approximate surface area is 98.0 Å². The summed E-state index contributed by atoms with van der Waals surface area (Å²) in [6, 6.07) is 0. The van der Waals surface area contributed by atoms with Crippen molar-refractivity contribution in [2.24, 2.45) is 0 Å². The first-order chi connectivity index (χ1) is 8.34. The lowest BCUT2D eigenvalue weighted by Gasteiger charge is -2.16. The van der Waals surface area contributed by atoms with Crippen molar-refractivity contribution < 1.29 is 4.79 Å². The van der Waals surface area contributed by atoms with Gasteiger partial charge in [-0.15, -0.1) is 0 Å². The van der Waals surface area contributed by atoms with Crippen LogP contribution in [0.15, 0.2) is 18.7 Å². The van der Waals surface area contributed by atoms with E-state index < -0.39 is 0 Å².